The first-order valence-corrected chi connectivity index (χ1v) is 29.3. The van der Waals surface area contributed by atoms with Crippen LogP contribution in [0, 0.1) is 0 Å². The first-order valence-electron chi connectivity index (χ1n) is 29.3. The van der Waals surface area contributed by atoms with Crippen LogP contribution in [-0.2, 0) is 25.7 Å². The van der Waals surface area contributed by atoms with E-state index in [1.165, 1.54) is 58.4 Å². The van der Waals surface area contributed by atoms with Gasteiger partial charge in [0.1, 0.15) is 0 Å². The second-order valence-electron chi connectivity index (χ2n) is 15.3. The van der Waals surface area contributed by atoms with E-state index in [2.05, 4.69) is 206 Å². The van der Waals surface area contributed by atoms with Gasteiger partial charge in [0.15, 0.2) is 51.2 Å². The molecule has 0 atom stereocenters. The fourth-order valence-electron chi connectivity index (χ4n) is 5.32. The van der Waals surface area contributed by atoms with E-state index >= 15 is 0 Å². The van der Waals surface area contributed by atoms with E-state index in [0.29, 0.717) is 45.1 Å². The van der Waals surface area contributed by atoms with Crippen molar-refractivity contribution in [2.24, 2.45) is 0 Å². The molecule has 432 valence electrons. The van der Waals surface area contributed by atoms with Crippen LogP contribution in [0.1, 0.15) is 159 Å². The Bertz CT molecular complexity index is 2050. The first-order chi connectivity index (χ1) is 38.0. The third-order valence-corrected chi connectivity index (χ3v) is 9.19. The van der Waals surface area contributed by atoms with Crippen LogP contribution < -0.4 is 21.9 Å². The highest BCUT2D eigenvalue weighted by Gasteiger charge is 2.06. The largest absolute Gasteiger partial charge is 0.343 e. The Kier molecular flexibility index (Phi) is 67.3. The predicted octanol–water partition coefficient (Wildman–Crippen LogP) is 16.0. The summed E-state index contributed by atoms with van der Waals surface area (Å²) >= 11 is 0. The molecule has 0 aliphatic rings. The second-order valence-corrected chi connectivity index (χ2v) is 15.3. The summed E-state index contributed by atoms with van der Waals surface area (Å²) < 4.78 is 18.7. The molecule has 0 saturated heterocycles. The molecule has 0 spiro atoms. The molecule has 0 bridgehead atoms. The van der Waals surface area contributed by atoms with E-state index in [1.807, 2.05) is 137 Å². The van der Waals surface area contributed by atoms with Gasteiger partial charge in [-0.15, -0.1) is 0 Å². The molecule has 0 aliphatic heterocycles. The van der Waals surface area contributed by atoms with Gasteiger partial charge in [-0.05, 0) is 11.1 Å². The molecule has 0 amide bonds. The van der Waals surface area contributed by atoms with Crippen LogP contribution in [0.5, 0.6) is 0 Å². The SMILES string of the molecule is CB(C)c1ccc(Cc2ncno2)cc1.CB(C)c1ccc(Cc2ncon2)cc1.CB(C)c1ccccc1.CB(C)c1ccccc1.CC.CC.CC.CC.CC.CC.CC.CC.CCc1ncno1.CCc1ncon1. The summed E-state index contributed by atoms with van der Waals surface area (Å²) in [5.41, 5.74) is 7.94. The van der Waals surface area contributed by atoms with Gasteiger partial charge in [0.25, 0.3) is 0 Å². The van der Waals surface area contributed by atoms with Crippen LogP contribution in [0.2, 0.25) is 54.6 Å². The van der Waals surface area contributed by atoms with E-state index in [9.17, 15) is 0 Å². The summed E-state index contributed by atoms with van der Waals surface area (Å²) in [6.07, 6.45) is 8.62. The van der Waals surface area contributed by atoms with Gasteiger partial charge in [-0.3, -0.25) is 0 Å². The zero-order valence-corrected chi connectivity index (χ0v) is 54.1. The van der Waals surface area contributed by atoms with Crippen LogP contribution >= 0.6 is 0 Å². The maximum Gasteiger partial charge on any atom is 0.230 e. The lowest BCUT2D eigenvalue weighted by atomic mass is 9.49. The van der Waals surface area contributed by atoms with Gasteiger partial charge in [0.2, 0.25) is 24.6 Å². The summed E-state index contributed by atoms with van der Waals surface area (Å²) in [5, 5.41) is 14.3. The summed E-state index contributed by atoms with van der Waals surface area (Å²) in [7, 11) is 0. The Morgan fingerprint density at radius 3 is 0.872 bits per heavy atom. The van der Waals surface area contributed by atoms with Gasteiger partial charge in [-0.25, -0.2) is 0 Å². The van der Waals surface area contributed by atoms with Crippen molar-refractivity contribution in [3.8, 4) is 0 Å². The van der Waals surface area contributed by atoms with Gasteiger partial charge in [0.05, 0.1) is 6.42 Å². The highest BCUT2D eigenvalue weighted by atomic mass is 16.5. The molecular weight excluding hydrogens is 964 g/mol. The molecule has 4 heterocycles. The fraction of sp³-hybridized carbons (Fsp3) is 0.484. The number of aryl methyl sites for hydroxylation is 2. The van der Waals surface area contributed by atoms with Gasteiger partial charge in [-0.2, -0.15) is 19.9 Å². The zero-order valence-electron chi connectivity index (χ0n) is 54.1. The number of hydrogen-bond donors (Lipinski definition) is 0. The quantitative estimate of drug-likeness (QED) is 0.120. The lowest BCUT2D eigenvalue weighted by molar-refractivity contribution is 0.381. The smallest absolute Gasteiger partial charge is 0.230 e. The average Bonchev–Trinajstić information content (AvgIpc) is 4.41. The molecule has 8 rings (SSSR count). The second kappa shape index (κ2) is 63.2. The molecule has 16 heteroatoms. The van der Waals surface area contributed by atoms with Crippen molar-refractivity contribution >= 4 is 48.7 Å². The van der Waals surface area contributed by atoms with Crippen molar-refractivity contribution in [1.29, 1.82) is 0 Å². The number of hydrogen-bond acceptors (Lipinski definition) is 12. The maximum absolute atomic E-state index is 4.95. The van der Waals surface area contributed by atoms with Crippen molar-refractivity contribution in [2.75, 3.05) is 0 Å². The molecule has 4 aromatic carbocycles. The molecular formula is C62H108B4N8O4. The van der Waals surface area contributed by atoms with Crippen molar-refractivity contribution in [1.82, 2.24) is 40.6 Å². The number of benzene rings is 4. The number of nitrogens with zero attached hydrogens (tertiary/aromatic N) is 8. The van der Waals surface area contributed by atoms with Crippen LogP contribution in [0.3, 0.4) is 0 Å². The average molecular weight is 1070 g/mol. The fourth-order valence-corrected chi connectivity index (χ4v) is 5.32. The third-order valence-electron chi connectivity index (χ3n) is 9.19. The molecule has 0 saturated carbocycles. The van der Waals surface area contributed by atoms with Gasteiger partial charge in [0, 0.05) is 19.3 Å². The zero-order chi connectivity index (χ0) is 61.0. The summed E-state index contributed by atoms with van der Waals surface area (Å²) in [6.45, 7) is 56.0. The van der Waals surface area contributed by atoms with Crippen molar-refractivity contribution < 1.29 is 18.1 Å². The minimum Gasteiger partial charge on any atom is -0.343 e. The predicted molar refractivity (Wildman–Crippen MR) is 347 cm³/mol. The highest BCUT2D eigenvalue weighted by Crippen LogP contribution is 2.06. The first kappa shape index (κ1) is 83.0. The molecule has 12 nitrogen and oxygen atoms in total. The summed E-state index contributed by atoms with van der Waals surface area (Å²) in [6, 6.07) is 38.1. The monoisotopic (exact) mass is 1070 g/mol. The Labute approximate surface area is 479 Å². The van der Waals surface area contributed by atoms with Crippen LogP contribution in [0.15, 0.2) is 153 Å². The summed E-state index contributed by atoms with van der Waals surface area (Å²) in [4.78, 5) is 15.5. The molecule has 0 radical (unpaired) electrons. The normalized spacial score (nSPS) is 8.33. The molecule has 8 aromatic rings. The van der Waals surface area contributed by atoms with E-state index in [1.54, 1.807) is 0 Å². The van der Waals surface area contributed by atoms with E-state index < -0.39 is 0 Å². The maximum atomic E-state index is 4.95. The minimum absolute atomic E-state index is 0.572. The Morgan fingerprint density at radius 2 is 0.641 bits per heavy atom. The topological polar surface area (TPSA) is 156 Å². The molecule has 0 unspecified atom stereocenters. The molecule has 0 aliphatic carbocycles. The van der Waals surface area contributed by atoms with E-state index in [4.69, 9.17) is 4.52 Å². The van der Waals surface area contributed by atoms with Gasteiger partial charge in [-0.1, -0.05) is 331 Å². The van der Waals surface area contributed by atoms with Crippen LogP contribution in [-0.4, -0.2) is 67.4 Å². The van der Waals surface area contributed by atoms with Crippen molar-refractivity contribution in [3.05, 3.63) is 169 Å². The third kappa shape index (κ3) is 44.8. The minimum atomic E-state index is 0.572. The number of aromatic nitrogens is 8. The van der Waals surface area contributed by atoms with Crippen molar-refractivity contribution in [2.45, 2.75) is 205 Å². The molecule has 78 heavy (non-hydrogen) atoms. The number of rotatable bonds is 10. The Morgan fingerprint density at radius 1 is 0.333 bits per heavy atom. The van der Waals surface area contributed by atoms with Gasteiger partial charge < -0.3 is 18.1 Å². The lowest BCUT2D eigenvalue weighted by Gasteiger charge is -2.03. The van der Waals surface area contributed by atoms with Crippen LogP contribution in [0.25, 0.3) is 0 Å². The van der Waals surface area contributed by atoms with E-state index in [-0.39, 0.29) is 0 Å². The Balaban J connectivity index is -0.000000193. The van der Waals surface area contributed by atoms with Crippen molar-refractivity contribution in [3.63, 3.8) is 0 Å². The van der Waals surface area contributed by atoms with Gasteiger partial charge >= 0.3 is 0 Å². The summed E-state index contributed by atoms with van der Waals surface area (Å²) in [5.74, 6) is 2.85. The standard InChI is InChI=1S/2C11H13BN2O.2C8H11B.2C4H6N2O.8C2H6/c1-12(2)10-5-3-9(4-6-10)7-11-13-8-15-14-11;1-12(2)10-5-3-9(4-6-10)7-11-13-8-14-15-11;2*1-9(2)8-6-4-3-5-7-8;1-2-4-5-3-7-6-4;1-2-4-5-3-6-7-4;8*1-2/h2*3-6,8H,7H2,1-2H3;2*3-7H,1-2H3;2*3H,2H2,1H3;8*1-2H3. The van der Waals surface area contributed by atoms with Crippen LogP contribution in [0.4, 0.5) is 0 Å². The molecule has 0 fully saturated rings. The molecule has 0 N–H and O–H groups in total. The molecule has 4 aromatic heterocycles. The highest BCUT2D eigenvalue weighted by molar-refractivity contribution is 6.71. The lowest BCUT2D eigenvalue weighted by Crippen LogP contribution is -2.21. The van der Waals surface area contributed by atoms with E-state index in [0.717, 1.165) is 30.9 Å². The Hall–Kier alpha value is -6.30.